The number of aliphatic hydroxyl groups is 1. The maximum Gasteiger partial charge on any atom is 0.251 e. The largest absolute Gasteiger partial charge is 0.374 e. The summed E-state index contributed by atoms with van der Waals surface area (Å²) in [6.45, 7) is 4.83. The Kier molecular flexibility index (Phi) is 19.8. The predicted octanol–water partition coefficient (Wildman–Crippen LogP) is 5.01. The highest BCUT2D eigenvalue weighted by atomic mass is 16.3. The number of carbonyl (C=O) groups is 7. The maximum atomic E-state index is 15.0. The third-order valence-electron chi connectivity index (χ3n) is 18.4. The average Bonchev–Trinajstić information content (AvgIpc) is 4.41. The zero-order chi connectivity index (χ0) is 56.5. The van der Waals surface area contributed by atoms with Gasteiger partial charge < -0.3 is 51.3 Å². The van der Waals surface area contributed by atoms with Crippen molar-refractivity contribution in [1.82, 2.24) is 51.5 Å². The maximum absolute atomic E-state index is 15.0. The fourth-order valence-electron chi connectivity index (χ4n) is 13.6. The van der Waals surface area contributed by atoms with Crippen LogP contribution in [0.3, 0.4) is 0 Å². The molecule has 0 bridgehead atoms. The van der Waals surface area contributed by atoms with Gasteiger partial charge in [-0.25, -0.2) is 0 Å². The molecular weight excluding hydrogens is 1010 g/mol. The molecule has 1 unspecified atom stereocenters. The molecule has 7 N–H and O–H groups in total. The van der Waals surface area contributed by atoms with Crippen LogP contribution in [0.4, 0.5) is 0 Å². The number of amides is 7. The summed E-state index contributed by atoms with van der Waals surface area (Å²) >= 11 is 0. The second-order valence-electron chi connectivity index (χ2n) is 23.5. The molecule has 6 aliphatic rings. The quantitative estimate of drug-likeness (QED) is 0.0791. The van der Waals surface area contributed by atoms with Gasteiger partial charge in [0, 0.05) is 43.8 Å². The van der Waals surface area contributed by atoms with Gasteiger partial charge in [0.2, 0.25) is 35.4 Å². The number of benzene rings is 3. The van der Waals surface area contributed by atoms with E-state index < -0.39 is 60.5 Å². The Hall–Kier alpha value is -6.21. The highest BCUT2D eigenvalue weighted by Gasteiger charge is 2.49. The van der Waals surface area contributed by atoms with Crippen molar-refractivity contribution in [1.29, 1.82) is 0 Å². The first-order valence-electron chi connectivity index (χ1n) is 29.9. The van der Waals surface area contributed by atoms with Crippen molar-refractivity contribution in [2.24, 2.45) is 11.8 Å². The van der Waals surface area contributed by atoms with Gasteiger partial charge in [-0.15, -0.1) is 0 Å². The number of hydrogen-bond donors (Lipinski definition) is 7. The Morgan fingerprint density at radius 1 is 0.512 bits per heavy atom. The first-order valence-corrected chi connectivity index (χ1v) is 29.9. The number of nitrogens with one attached hydrogen (secondary N) is 6. The summed E-state index contributed by atoms with van der Waals surface area (Å²) in [5, 5.41) is 30.4. The van der Waals surface area contributed by atoms with Crippen molar-refractivity contribution in [3.63, 3.8) is 0 Å². The summed E-state index contributed by atoms with van der Waals surface area (Å²) in [5.41, 5.74) is 2.86. The fourth-order valence-corrected chi connectivity index (χ4v) is 13.6. The lowest BCUT2D eigenvalue weighted by atomic mass is 9.83. The number of aliphatic hydroxyl groups excluding tert-OH is 1. The molecule has 0 spiro atoms. The molecule has 11 atom stereocenters. The van der Waals surface area contributed by atoms with Crippen LogP contribution < -0.4 is 31.9 Å². The second kappa shape index (κ2) is 27.0. The topological polar surface area (TPSA) is 225 Å². The SMILES string of the molecule is CN[C@@H](C)C(=O)N[C@H](C(=O)N1C[C@@H](NC(=O)c2ccc(C(O)N[C@H]3C[C@@H](C(=O)N4CCC[C@@H]4c4ccccc4)N(C(=O)[C@@H](NC(=O)[C@H](C)NC)C4CCCCC4)C3)cc2)C[C@H]1C(=O)N1CCC[C@@H]1c1ccccc1)C1CCCCC1. The summed E-state index contributed by atoms with van der Waals surface area (Å²) in [5.74, 6) is -2.05. The van der Waals surface area contributed by atoms with Crippen molar-refractivity contribution in [3.8, 4) is 0 Å². The molecule has 18 nitrogen and oxygen atoms in total. The van der Waals surface area contributed by atoms with Gasteiger partial charge >= 0.3 is 0 Å². The highest BCUT2D eigenvalue weighted by molar-refractivity contribution is 5.97. The van der Waals surface area contributed by atoms with E-state index in [1.54, 1.807) is 62.0 Å². The van der Waals surface area contributed by atoms with E-state index in [4.69, 9.17) is 0 Å². The number of rotatable bonds is 19. The van der Waals surface area contributed by atoms with E-state index in [9.17, 15) is 29.1 Å². The van der Waals surface area contributed by atoms with Gasteiger partial charge in [0.15, 0.2) is 0 Å². The fraction of sp³-hybridized carbons (Fsp3) is 0.597. The summed E-state index contributed by atoms with van der Waals surface area (Å²) in [4.78, 5) is 108. The zero-order valence-electron chi connectivity index (χ0n) is 47.3. The van der Waals surface area contributed by atoms with Crippen LogP contribution in [0.15, 0.2) is 84.9 Å². The summed E-state index contributed by atoms with van der Waals surface area (Å²) < 4.78 is 0. The monoisotopic (exact) mass is 1100 g/mol. The van der Waals surface area contributed by atoms with E-state index in [1.165, 1.54) is 0 Å². The first kappa shape index (κ1) is 58.4. The Bertz CT molecular complexity index is 2610. The lowest BCUT2D eigenvalue weighted by Gasteiger charge is -2.36. The summed E-state index contributed by atoms with van der Waals surface area (Å²) in [6, 6.07) is 20.7. The minimum Gasteiger partial charge on any atom is -0.374 e. The van der Waals surface area contributed by atoms with E-state index >= 15 is 9.59 Å². The molecule has 6 fully saturated rings. The molecule has 2 aliphatic carbocycles. The standard InChI is InChI=1S/C62H86N10O8/c1-39(63-3)55(73)67-53(43-23-13-7-14-24-43)61(79)71-37-47(35-51(71)59(77)69-33-17-27-49(69)41-19-9-5-10-20-41)65-57(75)45-29-31-46(32-30-45)58(76)66-48-36-52(60(78)70-34-18-28-50(70)42-21-11-6-12-22-42)72(38-48)62(80)54(44-25-15-8-16-26-44)68-56(74)40(2)64-4/h5-6,9-12,19-22,29-32,39-40,43-44,47-54,57,63-65,75H,7-8,13-18,23-28,33-38H2,1-4H3,(H,66,76)(H,67,73)(H,68,74)/t39-,40-,47-,48-,49+,50+,51-,52-,53-,54-,57?/m0/s1. The normalized spacial score (nSPS) is 25.6. The molecule has 2 saturated carbocycles. The van der Waals surface area contributed by atoms with Gasteiger partial charge in [0.05, 0.1) is 24.2 Å². The van der Waals surface area contributed by atoms with E-state index in [0.29, 0.717) is 24.2 Å². The van der Waals surface area contributed by atoms with Crippen LogP contribution in [0.1, 0.15) is 162 Å². The van der Waals surface area contributed by atoms with Crippen LogP contribution in [0.2, 0.25) is 0 Å². The van der Waals surface area contributed by atoms with Gasteiger partial charge in [0.1, 0.15) is 30.4 Å². The van der Waals surface area contributed by atoms with E-state index in [2.05, 4.69) is 31.9 Å². The van der Waals surface area contributed by atoms with E-state index in [1.807, 2.05) is 70.5 Å². The summed E-state index contributed by atoms with van der Waals surface area (Å²) in [6.07, 6.45) is 11.5. The van der Waals surface area contributed by atoms with Crippen LogP contribution in [0, 0.1) is 11.8 Å². The molecule has 0 aromatic heterocycles. The van der Waals surface area contributed by atoms with Gasteiger partial charge in [-0.2, -0.15) is 0 Å². The molecule has 432 valence electrons. The molecule has 7 amide bonds. The lowest BCUT2D eigenvalue weighted by Crippen LogP contribution is -2.58. The number of nitrogens with zero attached hydrogens (tertiary/aromatic N) is 4. The second-order valence-corrected chi connectivity index (χ2v) is 23.5. The molecular formula is C62H86N10O8. The Morgan fingerprint density at radius 2 is 0.938 bits per heavy atom. The van der Waals surface area contributed by atoms with E-state index in [0.717, 1.165) is 101 Å². The molecule has 9 rings (SSSR count). The van der Waals surface area contributed by atoms with Crippen LogP contribution in [-0.4, -0.2) is 155 Å². The van der Waals surface area contributed by atoms with Gasteiger partial charge in [-0.05, 0) is 133 Å². The van der Waals surface area contributed by atoms with Crippen molar-refractivity contribution < 1.29 is 38.7 Å². The number of hydrogen-bond acceptors (Lipinski definition) is 11. The molecule has 3 aromatic carbocycles. The van der Waals surface area contributed by atoms with Crippen molar-refractivity contribution in [2.45, 2.75) is 183 Å². The molecule has 3 aromatic rings. The Balaban J connectivity index is 0.908. The highest BCUT2D eigenvalue weighted by Crippen LogP contribution is 2.38. The Labute approximate surface area is 472 Å². The average molecular weight is 1100 g/mol. The molecule has 4 heterocycles. The Morgan fingerprint density at radius 3 is 1.38 bits per heavy atom. The lowest BCUT2D eigenvalue weighted by molar-refractivity contribution is -0.147. The minimum absolute atomic E-state index is 0.0797. The minimum atomic E-state index is -1.22. The van der Waals surface area contributed by atoms with Crippen LogP contribution >= 0.6 is 0 Å². The van der Waals surface area contributed by atoms with Crippen LogP contribution in [0.25, 0.3) is 0 Å². The van der Waals surface area contributed by atoms with Crippen molar-refractivity contribution in [3.05, 3.63) is 107 Å². The van der Waals surface area contributed by atoms with Crippen molar-refractivity contribution >= 4 is 41.4 Å². The zero-order valence-corrected chi connectivity index (χ0v) is 47.3. The molecule has 80 heavy (non-hydrogen) atoms. The van der Waals surface area contributed by atoms with Gasteiger partial charge in [-0.1, -0.05) is 111 Å². The van der Waals surface area contributed by atoms with Crippen LogP contribution in [-0.2, 0) is 28.8 Å². The summed E-state index contributed by atoms with van der Waals surface area (Å²) in [7, 11) is 3.40. The molecule has 4 saturated heterocycles. The van der Waals surface area contributed by atoms with Gasteiger partial charge in [-0.3, -0.25) is 38.9 Å². The molecule has 4 aliphatic heterocycles. The smallest absolute Gasteiger partial charge is 0.251 e. The number of likely N-dealkylation sites (tertiary alicyclic amines) is 4. The predicted molar refractivity (Wildman–Crippen MR) is 304 cm³/mol. The molecule has 0 radical (unpaired) electrons. The van der Waals surface area contributed by atoms with Crippen molar-refractivity contribution in [2.75, 3.05) is 40.3 Å². The number of carbonyl (C=O) groups excluding carboxylic acids is 7. The number of likely N-dealkylation sites (N-methyl/N-ethyl adjacent to an activating group) is 2. The van der Waals surface area contributed by atoms with Crippen LogP contribution in [0.5, 0.6) is 0 Å². The molecule has 18 heteroatoms. The first-order chi connectivity index (χ1) is 38.7. The third-order valence-corrected chi connectivity index (χ3v) is 18.4. The third kappa shape index (κ3) is 13.4. The van der Waals surface area contributed by atoms with Gasteiger partial charge in [0.25, 0.3) is 5.91 Å². The van der Waals surface area contributed by atoms with E-state index in [-0.39, 0.29) is 85.3 Å².